The van der Waals surface area contributed by atoms with Crippen LogP contribution in [0.2, 0.25) is 0 Å². The standard InChI is InChI=1S/C23H39N3O3/c1-7-8-10-15-19(16-24-29-17-18-13-11-9-12-14-18)21(27)25-20(23(2,3)4)22(28)26(5)6/h9,11-14,19-20,24H,7-8,10,15-17H2,1-6H3,(H,25,27)/t19?,20-/m1/s1. The fourth-order valence-corrected chi connectivity index (χ4v) is 3.00. The Hall–Kier alpha value is -1.92. The summed E-state index contributed by atoms with van der Waals surface area (Å²) in [5.41, 5.74) is 3.64. The smallest absolute Gasteiger partial charge is 0.245 e. The zero-order valence-corrected chi connectivity index (χ0v) is 19.0. The minimum absolute atomic E-state index is 0.0913. The van der Waals surface area contributed by atoms with E-state index in [1.165, 1.54) is 4.90 Å². The van der Waals surface area contributed by atoms with Crippen LogP contribution in [0.15, 0.2) is 30.3 Å². The van der Waals surface area contributed by atoms with Crippen molar-refractivity contribution in [2.24, 2.45) is 11.3 Å². The summed E-state index contributed by atoms with van der Waals surface area (Å²) in [5.74, 6) is -0.449. The van der Waals surface area contributed by atoms with Crippen LogP contribution in [0, 0.1) is 11.3 Å². The van der Waals surface area contributed by atoms with Crippen LogP contribution in [-0.2, 0) is 21.0 Å². The first kappa shape index (κ1) is 25.1. The monoisotopic (exact) mass is 405 g/mol. The van der Waals surface area contributed by atoms with Crippen LogP contribution in [-0.4, -0.2) is 43.4 Å². The molecule has 0 bridgehead atoms. The van der Waals surface area contributed by atoms with Crippen molar-refractivity contribution in [1.82, 2.24) is 15.7 Å². The summed E-state index contributed by atoms with van der Waals surface area (Å²) in [4.78, 5) is 32.7. The molecule has 1 aromatic carbocycles. The van der Waals surface area contributed by atoms with E-state index in [0.29, 0.717) is 13.2 Å². The summed E-state index contributed by atoms with van der Waals surface area (Å²) >= 11 is 0. The van der Waals surface area contributed by atoms with Gasteiger partial charge in [0.25, 0.3) is 0 Å². The first-order chi connectivity index (χ1) is 13.7. The number of benzene rings is 1. The topological polar surface area (TPSA) is 70.7 Å². The predicted octanol–water partition coefficient (Wildman–Crippen LogP) is 3.52. The van der Waals surface area contributed by atoms with Crippen LogP contribution >= 0.6 is 0 Å². The number of amides is 2. The number of unbranched alkanes of at least 4 members (excludes halogenated alkanes) is 2. The Bertz CT molecular complexity index is 612. The van der Waals surface area contributed by atoms with Gasteiger partial charge in [0.05, 0.1) is 12.5 Å². The lowest BCUT2D eigenvalue weighted by atomic mass is 9.85. The van der Waals surface area contributed by atoms with E-state index in [1.54, 1.807) is 14.1 Å². The SMILES string of the molecule is CCCCCC(CNOCc1ccccc1)C(=O)N[C@H](C(=O)N(C)C)C(C)(C)C. The number of nitrogens with zero attached hydrogens (tertiary/aromatic N) is 1. The molecule has 6 heteroatoms. The molecule has 0 spiro atoms. The molecule has 0 radical (unpaired) electrons. The Labute approximate surface area is 176 Å². The predicted molar refractivity (Wildman–Crippen MR) is 117 cm³/mol. The maximum atomic E-state index is 13.0. The fraction of sp³-hybridized carbons (Fsp3) is 0.652. The molecule has 0 aliphatic carbocycles. The zero-order valence-electron chi connectivity index (χ0n) is 19.0. The molecule has 29 heavy (non-hydrogen) atoms. The van der Waals surface area contributed by atoms with E-state index in [1.807, 2.05) is 51.1 Å². The highest BCUT2D eigenvalue weighted by Gasteiger charge is 2.35. The lowest BCUT2D eigenvalue weighted by Gasteiger charge is -2.33. The van der Waals surface area contributed by atoms with Crippen LogP contribution in [0.5, 0.6) is 0 Å². The molecule has 2 N–H and O–H groups in total. The second-order valence-electron chi connectivity index (χ2n) is 8.86. The molecule has 0 fully saturated rings. The number of likely N-dealkylation sites (N-methyl/N-ethyl adjacent to an activating group) is 1. The Morgan fingerprint density at radius 2 is 1.76 bits per heavy atom. The van der Waals surface area contributed by atoms with Gasteiger partial charge in [0.2, 0.25) is 11.8 Å². The van der Waals surface area contributed by atoms with Crippen molar-refractivity contribution < 1.29 is 14.4 Å². The van der Waals surface area contributed by atoms with Gasteiger partial charge >= 0.3 is 0 Å². The average Bonchev–Trinajstić information content (AvgIpc) is 2.67. The number of carbonyl (C=O) groups is 2. The minimum Gasteiger partial charge on any atom is -0.347 e. The molecule has 6 nitrogen and oxygen atoms in total. The molecular weight excluding hydrogens is 366 g/mol. The Morgan fingerprint density at radius 3 is 2.31 bits per heavy atom. The number of hydrogen-bond donors (Lipinski definition) is 2. The van der Waals surface area contributed by atoms with E-state index in [4.69, 9.17) is 4.84 Å². The quantitative estimate of drug-likeness (QED) is 0.412. The van der Waals surface area contributed by atoms with Crippen LogP contribution < -0.4 is 10.8 Å². The van der Waals surface area contributed by atoms with Crippen molar-refractivity contribution in [3.63, 3.8) is 0 Å². The van der Waals surface area contributed by atoms with Crippen molar-refractivity contribution in [2.75, 3.05) is 20.6 Å². The van der Waals surface area contributed by atoms with E-state index in [2.05, 4.69) is 17.7 Å². The normalized spacial score (nSPS) is 13.6. The first-order valence-corrected chi connectivity index (χ1v) is 10.6. The van der Waals surface area contributed by atoms with Gasteiger partial charge in [0.15, 0.2) is 0 Å². The molecular formula is C23H39N3O3. The molecule has 0 saturated carbocycles. The third kappa shape index (κ3) is 9.41. The summed E-state index contributed by atoms with van der Waals surface area (Å²) in [6, 6.07) is 9.32. The van der Waals surface area contributed by atoms with Crippen molar-refractivity contribution in [2.45, 2.75) is 66.0 Å². The van der Waals surface area contributed by atoms with E-state index < -0.39 is 6.04 Å². The third-order valence-electron chi connectivity index (χ3n) is 4.88. The molecule has 2 atom stereocenters. The van der Waals surface area contributed by atoms with Gasteiger partial charge in [-0.3, -0.25) is 14.4 Å². The fourth-order valence-electron chi connectivity index (χ4n) is 3.00. The number of hydrogen-bond acceptors (Lipinski definition) is 4. The highest BCUT2D eigenvalue weighted by molar-refractivity contribution is 5.89. The largest absolute Gasteiger partial charge is 0.347 e. The van der Waals surface area contributed by atoms with E-state index >= 15 is 0 Å². The van der Waals surface area contributed by atoms with Crippen molar-refractivity contribution in [3.8, 4) is 0 Å². The van der Waals surface area contributed by atoms with Crippen LogP contribution in [0.4, 0.5) is 0 Å². The summed E-state index contributed by atoms with van der Waals surface area (Å²) in [6.45, 7) is 8.89. The zero-order chi connectivity index (χ0) is 21.9. The summed E-state index contributed by atoms with van der Waals surface area (Å²) in [6.07, 6.45) is 3.90. The van der Waals surface area contributed by atoms with E-state index in [9.17, 15) is 9.59 Å². The molecule has 0 heterocycles. The van der Waals surface area contributed by atoms with Crippen molar-refractivity contribution >= 4 is 11.8 Å². The van der Waals surface area contributed by atoms with Gasteiger partial charge < -0.3 is 10.2 Å². The van der Waals surface area contributed by atoms with E-state index in [0.717, 1.165) is 31.2 Å². The number of rotatable bonds is 12. The maximum absolute atomic E-state index is 13.0. The molecule has 2 amide bonds. The van der Waals surface area contributed by atoms with Crippen molar-refractivity contribution in [3.05, 3.63) is 35.9 Å². The molecule has 164 valence electrons. The number of nitrogens with one attached hydrogen (secondary N) is 2. The van der Waals surface area contributed by atoms with Gasteiger partial charge in [0.1, 0.15) is 6.04 Å². The molecule has 0 aliphatic rings. The van der Waals surface area contributed by atoms with Crippen LogP contribution in [0.25, 0.3) is 0 Å². The number of carbonyl (C=O) groups excluding carboxylic acids is 2. The Morgan fingerprint density at radius 1 is 1.10 bits per heavy atom. The second kappa shape index (κ2) is 12.6. The lowest BCUT2D eigenvalue weighted by Crippen LogP contribution is -2.55. The van der Waals surface area contributed by atoms with Crippen molar-refractivity contribution in [1.29, 1.82) is 0 Å². The summed E-state index contributed by atoms with van der Waals surface area (Å²) < 4.78 is 0. The molecule has 0 aromatic heterocycles. The average molecular weight is 406 g/mol. The van der Waals surface area contributed by atoms with E-state index in [-0.39, 0.29) is 23.1 Å². The lowest BCUT2D eigenvalue weighted by molar-refractivity contribution is -0.139. The number of hydroxylamine groups is 1. The van der Waals surface area contributed by atoms with Crippen LogP contribution in [0.1, 0.15) is 58.9 Å². The maximum Gasteiger partial charge on any atom is 0.245 e. The van der Waals surface area contributed by atoms with Gasteiger partial charge in [-0.15, -0.1) is 0 Å². The van der Waals surface area contributed by atoms with Gasteiger partial charge in [-0.25, -0.2) is 5.48 Å². The highest BCUT2D eigenvalue weighted by Crippen LogP contribution is 2.22. The van der Waals surface area contributed by atoms with Gasteiger partial charge in [-0.2, -0.15) is 0 Å². The van der Waals surface area contributed by atoms with Gasteiger partial charge in [-0.1, -0.05) is 77.3 Å². The first-order valence-electron chi connectivity index (χ1n) is 10.6. The van der Waals surface area contributed by atoms with Gasteiger partial charge in [-0.05, 0) is 17.4 Å². The highest BCUT2D eigenvalue weighted by atomic mass is 16.6. The van der Waals surface area contributed by atoms with Gasteiger partial charge in [0, 0.05) is 20.6 Å². The Kier molecular flexibility index (Phi) is 10.9. The molecule has 0 aliphatic heterocycles. The second-order valence-corrected chi connectivity index (χ2v) is 8.86. The molecule has 1 aromatic rings. The van der Waals surface area contributed by atoms with Crippen LogP contribution in [0.3, 0.4) is 0 Å². The Balaban J connectivity index is 2.69. The molecule has 1 unspecified atom stereocenters. The summed E-state index contributed by atoms with van der Waals surface area (Å²) in [5, 5.41) is 3.00. The summed E-state index contributed by atoms with van der Waals surface area (Å²) in [7, 11) is 3.43. The minimum atomic E-state index is -0.566. The molecule has 1 rings (SSSR count). The third-order valence-corrected chi connectivity index (χ3v) is 4.88. The molecule has 0 saturated heterocycles.